The van der Waals surface area contributed by atoms with Crippen LogP contribution in [0.1, 0.15) is 18.9 Å². The van der Waals surface area contributed by atoms with E-state index in [2.05, 4.69) is 0 Å². The van der Waals surface area contributed by atoms with E-state index in [0.717, 1.165) is 12.0 Å². The monoisotopic (exact) mass is 305 g/mol. The van der Waals surface area contributed by atoms with E-state index in [0.29, 0.717) is 13.1 Å². The van der Waals surface area contributed by atoms with Crippen molar-refractivity contribution in [2.24, 2.45) is 11.8 Å². The van der Waals surface area contributed by atoms with E-state index in [1.54, 1.807) is 0 Å². The Morgan fingerprint density at radius 1 is 1.27 bits per heavy atom. The number of ketones is 1. The van der Waals surface area contributed by atoms with E-state index >= 15 is 0 Å². The molecule has 1 aromatic rings. The van der Waals surface area contributed by atoms with Crippen molar-refractivity contribution in [3.05, 3.63) is 35.9 Å². The van der Waals surface area contributed by atoms with Gasteiger partial charge in [0.1, 0.15) is 13.2 Å². The molecule has 0 saturated carbocycles. The lowest BCUT2D eigenvalue weighted by atomic mass is 9.90. The van der Waals surface area contributed by atoms with Crippen molar-refractivity contribution in [1.82, 2.24) is 4.90 Å². The first-order valence-corrected chi connectivity index (χ1v) is 7.69. The molecule has 2 atom stereocenters. The molecule has 120 valence electrons. The zero-order chi connectivity index (χ0) is 15.9. The minimum Gasteiger partial charge on any atom is -0.460 e. The number of nitrogens with zero attached hydrogens (tertiary/aromatic N) is 1. The Kier molecular flexibility index (Phi) is 6.10. The fourth-order valence-electron chi connectivity index (χ4n) is 2.95. The maximum Gasteiger partial charge on any atom is 0.320 e. The number of rotatable bonds is 7. The Balaban J connectivity index is 1.81. The summed E-state index contributed by atoms with van der Waals surface area (Å²) in [5.41, 5.74) is 0.956. The summed E-state index contributed by atoms with van der Waals surface area (Å²) < 4.78 is 5.27. The third kappa shape index (κ3) is 4.39. The molecule has 5 heteroatoms. The number of aliphatic hydroxyl groups is 1. The number of hydrogen-bond donors (Lipinski definition) is 1. The van der Waals surface area contributed by atoms with Crippen molar-refractivity contribution in [3.8, 4) is 0 Å². The fraction of sp³-hybridized carbons (Fsp3) is 0.529. The molecule has 0 spiro atoms. The van der Waals surface area contributed by atoms with E-state index in [1.807, 2.05) is 42.2 Å². The van der Waals surface area contributed by atoms with Crippen LogP contribution in [-0.2, 0) is 20.9 Å². The summed E-state index contributed by atoms with van der Waals surface area (Å²) in [6, 6.07) is 9.54. The van der Waals surface area contributed by atoms with Crippen LogP contribution in [0.15, 0.2) is 30.3 Å². The summed E-state index contributed by atoms with van der Waals surface area (Å²) in [5, 5.41) is 9.03. The van der Waals surface area contributed by atoms with Gasteiger partial charge in [-0.1, -0.05) is 43.7 Å². The van der Waals surface area contributed by atoms with Crippen LogP contribution in [0.5, 0.6) is 0 Å². The quantitative estimate of drug-likeness (QED) is 0.768. The first-order chi connectivity index (χ1) is 10.6. The summed E-state index contributed by atoms with van der Waals surface area (Å²) >= 11 is 0. The molecule has 2 rings (SSSR count). The van der Waals surface area contributed by atoms with Crippen molar-refractivity contribution in [3.63, 3.8) is 0 Å². The first kappa shape index (κ1) is 16.6. The fourth-order valence-corrected chi connectivity index (χ4v) is 2.95. The van der Waals surface area contributed by atoms with Gasteiger partial charge >= 0.3 is 5.97 Å². The van der Waals surface area contributed by atoms with Crippen LogP contribution < -0.4 is 0 Å². The highest BCUT2D eigenvalue weighted by atomic mass is 16.5. The van der Waals surface area contributed by atoms with Crippen LogP contribution in [0.4, 0.5) is 0 Å². The minimum absolute atomic E-state index is 0.132. The molecule has 0 aliphatic carbocycles. The molecule has 1 N–H and O–H groups in total. The number of benzene rings is 1. The molecule has 1 aliphatic rings. The molecule has 0 amide bonds. The highest BCUT2D eigenvalue weighted by Gasteiger charge is 2.36. The summed E-state index contributed by atoms with van der Waals surface area (Å²) in [4.78, 5) is 25.6. The number of Topliss-reactive ketones (excluding diaryl/α,β-unsaturated/α-hetero) is 1. The van der Waals surface area contributed by atoms with Gasteiger partial charge in [0.2, 0.25) is 0 Å². The van der Waals surface area contributed by atoms with Gasteiger partial charge in [0.15, 0.2) is 5.78 Å². The van der Waals surface area contributed by atoms with Gasteiger partial charge in [0.05, 0.1) is 6.54 Å². The van der Waals surface area contributed by atoms with Gasteiger partial charge in [-0.2, -0.15) is 0 Å². The number of ether oxygens (including phenoxy) is 1. The van der Waals surface area contributed by atoms with Crippen LogP contribution >= 0.6 is 0 Å². The standard InChI is InChI=1S/C17H23NO4/c1-2-14-8-18(9-15(14)16(20)11-19)10-17(21)22-12-13-6-4-3-5-7-13/h3-7,14-15,19H,2,8-12H2,1H3. The molecular formula is C17H23NO4. The van der Waals surface area contributed by atoms with Crippen molar-refractivity contribution in [2.75, 3.05) is 26.2 Å². The van der Waals surface area contributed by atoms with Gasteiger partial charge in [-0.25, -0.2) is 0 Å². The predicted octanol–water partition coefficient (Wildman–Crippen LogP) is 1.25. The molecular weight excluding hydrogens is 282 g/mol. The molecule has 1 fully saturated rings. The number of carbonyl (C=O) groups is 2. The molecule has 0 radical (unpaired) electrons. The molecule has 1 aromatic carbocycles. The van der Waals surface area contributed by atoms with Crippen LogP contribution in [0.2, 0.25) is 0 Å². The van der Waals surface area contributed by atoms with Crippen LogP contribution in [0.3, 0.4) is 0 Å². The number of esters is 1. The van der Waals surface area contributed by atoms with Crippen molar-refractivity contribution >= 4 is 11.8 Å². The second-order valence-corrected chi connectivity index (χ2v) is 5.74. The van der Waals surface area contributed by atoms with E-state index < -0.39 is 6.61 Å². The molecule has 1 heterocycles. The lowest BCUT2D eigenvalue weighted by Crippen LogP contribution is -2.30. The smallest absolute Gasteiger partial charge is 0.320 e. The Labute approximate surface area is 130 Å². The highest BCUT2D eigenvalue weighted by Crippen LogP contribution is 2.26. The van der Waals surface area contributed by atoms with Gasteiger partial charge in [0, 0.05) is 19.0 Å². The Morgan fingerprint density at radius 2 is 2.00 bits per heavy atom. The maximum absolute atomic E-state index is 11.9. The van der Waals surface area contributed by atoms with Crippen molar-refractivity contribution in [2.45, 2.75) is 20.0 Å². The molecule has 5 nitrogen and oxygen atoms in total. The predicted molar refractivity (Wildman–Crippen MR) is 82.0 cm³/mol. The van der Waals surface area contributed by atoms with Crippen molar-refractivity contribution < 1.29 is 19.4 Å². The summed E-state index contributed by atoms with van der Waals surface area (Å²) in [6.07, 6.45) is 0.867. The number of likely N-dealkylation sites (tertiary alicyclic amines) is 1. The van der Waals surface area contributed by atoms with E-state index in [-0.39, 0.29) is 36.7 Å². The maximum atomic E-state index is 11.9. The summed E-state index contributed by atoms with van der Waals surface area (Å²) in [7, 11) is 0. The molecule has 1 saturated heterocycles. The number of aliphatic hydroxyl groups excluding tert-OH is 1. The lowest BCUT2D eigenvalue weighted by molar-refractivity contribution is -0.146. The SMILES string of the molecule is CCC1CN(CC(=O)OCc2ccccc2)CC1C(=O)CO. The van der Waals surface area contributed by atoms with E-state index in [1.165, 1.54) is 0 Å². The average Bonchev–Trinajstić information content (AvgIpc) is 2.96. The number of hydrogen-bond acceptors (Lipinski definition) is 5. The van der Waals surface area contributed by atoms with Crippen LogP contribution in [0, 0.1) is 11.8 Å². The molecule has 1 aliphatic heterocycles. The number of carbonyl (C=O) groups excluding carboxylic acids is 2. The summed E-state index contributed by atoms with van der Waals surface area (Å²) in [6.45, 7) is 3.29. The molecule has 22 heavy (non-hydrogen) atoms. The summed E-state index contributed by atoms with van der Waals surface area (Å²) in [5.74, 6) is -0.374. The highest BCUT2D eigenvalue weighted by molar-refractivity contribution is 5.83. The van der Waals surface area contributed by atoms with Crippen LogP contribution in [-0.4, -0.2) is 48.0 Å². The topological polar surface area (TPSA) is 66.8 Å². The Hall–Kier alpha value is -1.72. The normalized spacial score (nSPS) is 21.7. The zero-order valence-electron chi connectivity index (χ0n) is 12.9. The second kappa shape index (κ2) is 8.06. The Bertz CT molecular complexity index is 503. The minimum atomic E-state index is -0.423. The van der Waals surface area contributed by atoms with Crippen LogP contribution in [0.25, 0.3) is 0 Å². The zero-order valence-corrected chi connectivity index (χ0v) is 12.9. The van der Waals surface area contributed by atoms with Gasteiger partial charge < -0.3 is 9.84 Å². The average molecular weight is 305 g/mol. The molecule has 0 bridgehead atoms. The Morgan fingerprint density at radius 3 is 2.64 bits per heavy atom. The second-order valence-electron chi connectivity index (χ2n) is 5.74. The molecule has 0 aromatic heterocycles. The van der Waals surface area contributed by atoms with E-state index in [4.69, 9.17) is 9.84 Å². The van der Waals surface area contributed by atoms with Gasteiger partial charge in [-0.05, 0) is 11.5 Å². The van der Waals surface area contributed by atoms with Gasteiger partial charge in [0.25, 0.3) is 0 Å². The largest absolute Gasteiger partial charge is 0.460 e. The van der Waals surface area contributed by atoms with Crippen molar-refractivity contribution in [1.29, 1.82) is 0 Å². The third-order valence-electron chi connectivity index (χ3n) is 4.21. The first-order valence-electron chi connectivity index (χ1n) is 7.69. The molecule has 2 unspecified atom stereocenters. The van der Waals surface area contributed by atoms with Gasteiger partial charge in [-0.15, -0.1) is 0 Å². The van der Waals surface area contributed by atoms with Gasteiger partial charge in [-0.3, -0.25) is 14.5 Å². The third-order valence-corrected chi connectivity index (χ3v) is 4.21. The van der Waals surface area contributed by atoms with E-state index in [9.17, 15) is 9.59 Å². The lowest BCUT2D eigenvalue weighted by Gasteiger charge is -2.14.